The molecule has 5 nitrogen and oxygen atoms in total. The van der Waals surface area contributed by atoms with E-state index >= 15 is 0 Å². The lowest BCUT2D eigenvalue weighted by Crippen LogP contribution is -1.92. The highest BCUT2D eigenvalue weighted by Crippen LogP contribution is 2.24. The monoisotopic (exact) mass is 231 g/mol. The number of hydrogen-bond donors (Lipinski definition) is 0. The van der Waals surface area contributed by atoms with E-state index in [4.69, 9.17) is 5.26 Å². The maximum atomic E-state index is 8.85. The Bertz CT molecular complexity index is 555. The number of rotatable bonds is 2. The standard InChI is InChI=1S/C10H9N5S/c1-7-3-8(5-11)4-9(13-7)16-10-14-12-6-15(10)2/h3-4,6H,1-2H3. The molecule has 0 saturated heterocycles. The SMILES string of the molecule is Cc1cc(C#N)cc(Sc2nncn2C)n1. The van der Waals surface area contributed by atoms with Crippen LogP contribution >= 0.6 is 11.8 Å². The van der Waals surface area contributed by atoms with E-state index in [9.17, 15) is 0 Å². The van der Waals surface area contributed by atoms with Crippen molar-refractivity contribution in [1.29, 1.82) is 5.26 Å². The predicted octanol–water partition coefficient (Wildman–Crippen LogP) is 1.54. The van der Waals surface area contributed by atoms with Crippen LogP contribution in [0.1, 0.15) is 11.3 Å². The molecule has 0 unspecified atom stereocenters. The molecule has 0 aromatic carbocycles. The number of nitrogens with zero attached hydrogens (tertiary/aromatic N) is 5. The van der Waals surface area contributed by atoms with Crippen LogP contribution in [0.3, 0.4) is 0 Å². The summed E-state index contributed by atoms with van der Waals surface area (Å²) in [6, 6.07) is 5.60. The molecule has 2 aromatic rings. The second-order valence-corrected chi connectivity index (χ2v) is 4.26. The summed E-state index contributed by atoms with van der Waals surface area (Å²) in [5, 5.41) is 18.1. The molecule has 0 saturated carbocycles. The third-order valence-electron chi connectivity index (χ3n) is 1.92. The minimum absolute atomic E-state index is 0.608. The van der Waals surface area contributed by atoms with Crippen LogP contribution in [-0.4, -0.2) is 19.7 Å². The van der Waals surface area contributed by atoms with Crippen molar-refractivity contribution in [2.45, 2.75) is 17.1 Å². The normalized spacial score (nSPS) is 10.1. The maximum Gasteiger partial charge on any atom is 0.197 e. The Morgan fingerprint density at radius 1 is 1.44 bits per heavy atom. The first kappa shape index (κ1) is 10.6. The van der Waals surface area contributed by atoms with Crippen molar-refractivity contribution in [3.63, 3.8) is 0 Å². The van der Waals surface area contributed by atoms with Gasteiger partial charge in [0.25, 0.3) is 0 Å². The molecule has 80 valence electrons. The molecule has 16 heavy (non-hydrogen) atoms. The van der Waals surface area contributed by atoms with Gasteiger partial charge in [0.2, 0.25) is 0 Å². The number of pyridine rings is 1. The number of nitriles is 1. The Hall–Kier alpha value is -1.87. The molecule has 0 amide bonds. The topological polar surface area (TPSA) is 67.4 Å². The van der Waals surface area contributed by atoms with Gasteiger partial charge >= 0.3 is 0 Å². The van der Waals surface area contributed by atoms with E-state index in [1.807, 2.05) is 14.0 Å². The van der Waals surface area contributed by atoms with Crippen molar-refractivity contribution in [3.05, 3.63) is 29.7 Å². The third kappa shape index (κ3) is 2.20. The van der Waals surface area contributed by atoms with Crippen LogP contribution in [0.25, 0.3) is 0 Å². The van der Waals surface area contributed by atoms with Crippen LogP contribution in [-0.2, 0) is 7.05 Å². The van der Waals surface area contributed by atoms with Gasteiger partial charge in [0.05, 0.1) is 11.6 Å². The average Bonchev–Trinajstić information content (AvgIpc) is 2.63. The van der Waals surface area contributed by atoms with Crippen LogP contribution in [0, 0.1) is 18.3 Å². The first-order valence-electron chi connectivity index (χ1n) is 4.59. The van der Waals surface area contributed by atoms with Gasteiger partial charge < -0.3 is 4.57 Å². The molecule has 2 heterocycles. The molecular weight excluding hydrogens is 222 g/mol. The molecule has 0 N–H and O–H groups in total. The quantitative estimate of drug-likeness (QED) is 0.784. The zero-order valence-corrected chi connectivity index (χ0v) is 9.69. The van der Waals surface area contributed by atoms with Crippen molar-refractivity contribution in [1.82, 2.24) is 19.7 Å². The van der Waals surface area contributed by atoms with Gasteiger partial charge in [-0.2, -0.15) is 5.26 Å². The average molecular weight is 231 g/mol. The molecule has 2 aromatic heterocycles. The van der Waals surface area contributed by atoms with Crippen molar-refractivity contribution in [3.8, 4) is 6.07 Å². The van der Waals surface area contributed by atoms with Gasteiger partial charge in [0, 0.05) is 12.7 Å². The first-order valence-corrected chi connectivity index (χ1v) is 5.41. The first-order chi connectivity index (χ1) is 7.69. The fourth-order valence-corrected chi connectivity index (χ4v) is 2.06. The lowest BCUT2D eigenvalue weighted by atomic mass is 10.2. The van der Waals surface area contributed by atoms with Crippen molar-refractivity contribution in [2.75, 3.05) is 0 Å². The summed E-state index contributed by atoms with van der Waals surface area (Å²) in [6.07, 6.45) is 1.63. The van der Waals surface area contributed by atoms with Crippen LogP contribution < -0.4 is 0 Å². The molecular formula is C10H9N5S. The van der Waals surface area contributed by atoms with Gasteiger partial charge in [0.1, 0.15) is 11.4 Å². The Morgan fingerprint density at radius 3 is 2.88 bits per heavy atom. The molecule has 0 spiro atoms. The van der Waals surface area contributed by atoms with Gasteiger partial charge in [-0.3, -0.25) is 0 Å². The van der Waals surface area contributed by atoms with E-state index in [2.05, 4.69) is 21.3 Å². The molecule has 0 bridgehead atoms. The third-order valence-corrected chi connectivity index (χ3v) is 2.90. The minimum atomic E-state index is 0.608. The number of hydrogen-bond acceptors (Lipinski definition) is 5. The fourth-order valence-electron chi connectivity index (χ4n) is 1.21. The molecule has 0 aliphatic rings. The van der Waals surface area contributed by atoms with E-state index in [0.717, 1.165) is 15.9 Å². The molecule has 0 fully saturated rings. The van der Waals surface area contributed by atoms with Crippen molar-refractivity contribution >= 4 is 11.8 Å². The zero-order chi connectivity index (χ0) is 11.5. The van der Waals surface area contributed by atoms with E-state index < -0.39 is 0 Å². The molecule has 0 aliphatic carbocycles. The highest BCUT2D eigenvalue weighted by molar-refractivity contribution is 7.99. The fraction of sp³-hybridized carbons (Fsp3) is 0.200. The summed E-state index contributed by atoms with van der Waals surface area (Å²) in [7, 11) is 1.86. The van der Waals surface area contributed by atoms with Crippen LogP contribution in [0.15, 0.2) is 28.6 Å². The molecule has 0 aliphatic heterocycles. The van der Waals surface area contributed by atoms with Crippen LogP contribution in [0.5, 0.6) is 0 Å². The van der Waals surface area contributed by atoms with Crippen molar-refractivity contribution < 1.29 is 0 Å². The second-order valence-electron chi connectivity index (χ2n) is 3.27. The zero-order valence-electron chi connectivity index (χ0n) is 8.88. The van der Waals surface area contributed by atoms with Gasteiger partial charge in [0.15, 0.2) is 5.16 Å². The molecule has 0 atom stereocenters. The largest absolute Gasteiger partial charge is 0.311 e. The van der Waals surface area contributed by atoms with Crippen molar-refractivity contribution in [2.24, 2.45) is 7.05 Å². The van der Waals surface area contributed by atoms with Gasteiger partial charge in [-0.15, -0.1) is 10.2 Å². The Morgan fingerprint density at radius 2 is 2.25 bits per heavy atom. The lowest BCUT2D eigenvalue weighted by molar-refractivity contribution is 0.787. The van der Waals surface area contributed by atoms with E-state index in [0.29, 0.717) is 5.56 Å². The lowest BCUT2D eigenvalue weighted by Gasteiger charge is -2.01. The Balaban J connectivity index is 2.32. The summed E-state index contributed by atoms with van der Waals surface area (Å²) in [6.45, 7) is 1.86. The second kappa shape index (κ2) is 4.33. The summed E-state index contributed by atoms with van der Waals surface area (Å²) in [5.74, 6) is 0. The molecule has 0 radical (unpaired) electrons. The van der Waals surface area contributed by atoms with Crippen LogP contribution in [0.2, 0.25) is 0 Å². The summed E-state index contributed by atoms with van der Waals surface area (Å²) in [5.41, 5.74) is 1.43. The summed E-state index contributed by atoms with van der Waals surface area (Å²) in [4.78, 5) is 4.33. The summed E-state index contributed by atoms with van der Waals surface area (Å²) < 4.78 is 1.81. The van der Waals surface area contributed by atoms with E-state index in [-0.39, 0.29) is 0 Å². The highest BCUT2D eigenvalue weighted by Gasteiger charge is 2.06. The maximum absolute atomic E-state index is 8.85. The van der Waals surface area contributed by atoms with E-state index in [1.54, 1.807) is 23.0 Å². The predicted molar refractivity (Wildman–Crippen MR) is 58.8 cm³/mol. The number of aromatic nitrogens is 4. The van der Waals surface area contributed by atoms with Gasteiger partial charge in [-0.1, -0.05) is 0 Å². The molecule has 2 rings (SSSR count). The molecule has 6 heteroatoms. The minimum Gasteiger partial charge on any atom is -0.311 e. The van der Waals surface area contributed by atoms with E-state index in [1.165, 1.54) is 11.8 Å². The Labute approximate surface area is 97.1 Å². The highest BCUT2D eigenvalue weighted by atomic mass is 32.2. The number of aryl methyl sites for hydroxylation is 2. The van der Waals surface area contributed by atoms with Crippen LogP contribution in [0.4, 0.5) is 0 Å². The smallest absolute Gasteiger partial charge is 0.197 e. The van der Waals surface area contributed by atoms with Gasteiger partial charge in [-0.05, 0) is 30.8 Å². The summed E-state index contributed by atoms with van der Waals surface area (Å²) >= 11 is 1.39. The van der Waals surface area contributed by atoms with Gasteiger partial charge in [-0.25, -0.2) is 4.98 Å². The Kier molecular flexibility index (Phi) is 2.88.